The fraction of sp³-hybridized carbons (Fsp3) is 0.154. The van der Waals surface area contributed by atoms with E-state index in [0.717, 1.165) is 22.3 Å². The highest BCUT2D eigenvalue weighted by atomic mass is 16.5. The second-order valence-corrected chi connectivity index (χ2v) is 4.18. The number of pyridine rings is 1. The number of esters is 1. The summed E-state index contributed by atoms with van der Waals surface area (Å²) in [6, 6.07) is 5.60. The Bertz CT molecular complexity index is 743. The Labute approximate surface area is 109 Å². The molecular formula is C13H12N4O2. The number of rotatable bonds is 2. The molecule has 0 aliphatic heterocycles. The van der Waals surface area contributed by atoms with Crippen molar-refractivity contribution in [3.05, 3.63) is 36.3 Å². The summed E-state index contributed by atoms with van der Waals surface area (Å²) in [6.07, 6.45) is 3.48. The van der Waals surface area contributed by atoms with Crippen molar-refractivity contribution in [2.24, 2.45) is 7.05 Å². The fourth-order valence-corrected chi connectivity index (χ4v) is 2.05. The summed E-state index contributed by atoms with van der Waals surface area (Å²) in [5, 5.41) is 7.55. The van der Waals surface area contributed by atoms with Gasteiger partial charge in [-0.15, -0.1) is 0 Å². The second kappa shape index (κ2) is 4.24. The molecule has 6 heteroatoms. The fourth-order valence-electron chi connectivity index (χ4n) is 2.05. The van der Waals surface area contributed by atoms with Gasteiger partial charge in [0.1, 0.15) is 11.3 Å². The Kier molecular flexibility index (Phi) is 2.56. The summed E-state index contributed by atoms with van der Waals surface area (Å²) < 4.78 is 6.47. The van der Waals surface area contributed by atoms with Crippen LogP contribution in [0.1, 0.15) is 10.5 Å². The summed E-state index contributed by atoms with van der Waals surface area (Å²) in [5.74, 6) is -0.370. The number of carbonyl (C=O) groups excluding carboxylic acids is 1. The summed E-state index contributed by atoms with van der Waals surface area (Å²) in [7, 11) is 3.16. The molecule has 3 aromatic rings. The Hall–Kier alpha value is -2.63. The van der Waals surface area contributed by atoms with Crippen molar-refractivity contribution in [1.29, 1.82) is 0 Å². The van der Waals surface area contributed by atoms with Gasteiger partial charge in [0, 0.05) is 24.2 Å². The first-order chi connectivity index (χ1) is 9.20. The van der Waals surface area contributed by atoms with E-state index in [-0.39, 0.29) is 5.97 Å². The maximum Gasteiger partial charge on any atom is 0.354 e. The monoisotopic (exact) mass is 256 g/mol. The maximum atomic E-state index is 11.6. The molecule has 3 rings (SSSR count). The summed E-state index contributed by atoms with van der Waals surface area (Å²) in [5.41, 5.74) is 2.93. The van der Waals surface area contributed by atoms with E-state index in [2.05, 4.69) is 15.2 Å². The predicted octanol–water partition coefficient (Wildman–Crippen LogP) is 1.75. The number of hydrogen-bond acceptors (Lipinski definition) is 4. The average molecular weight is 256 g/mol. The molecule has 96 valence electrons. The van der Waals surface area contributed by atoms with Crippen molar-refractivity contribution >= 4 is 17.0 Å². The molecule has 19 heavy (non-hydrogen) atoms. The molecule has 0 atom stereocenters. The molecule has 0 bridgehead atoms. The first-order valence-electron chi connectivity index (χ1n) is 5.74. The van der Waals surface area contributed by atoms with Crippen LogP contribution >= 0.6 is 0 Å². The van der Waals surface area contributed by atoms with Gasteiger partial charge in [-0.3, -0.25) is 5.10 Å². The third kappa shape index (κ3) is 1.77. The SMILES string of the molecule is COC(=O)c1cc2ccc(-c3cn[nH]c3)nc2n1C. The van der Waals surface area contributed by atoms with Gasteiger partial charge in [0.2, 0.25) is 0 Å². The Morgan fingerprint density at radius 2 is 2.26 bits per heavy atom. The van der Waals surface area contributed by atoms with Crippen molar-refractivity contribution in [1.82, 2.24) is 19.7 Å². The molecule has 0 saturated carbocycles. The third-order valence-electron chi connectivity index (χ3n) is 3.07. The highest BCUT2D eigenvalue weighted by Crippen LogP contribution is 2.22. The van der Waals surface area contributed by atoms with Crippen molar-refractivity contribution in [2.75, 3.05) is 7.11 Å². The minimum atomic E-state index is -0.370. The minimum Gasteiger partial charge on any atom is -0.464 e. The van der Waals surface area contributed by atoms with E-state index in [9.17, 15) is 4.79 Å². The maximum absolute atomic E-state index is 11.6. The van der Waals surface area contributed by atoms with Gasteiger partial charge in [0.05, 0.1) is 19.0 Å². The van der Waals surface area contributed by atoms with Gasteiger partial charge < -0.3 is 9.30 Å². The molecule has 0 radical (unpaired) electrons. The number of methoxy groups -OCH3 is 1. The molecule has 0 aliphatic rings. The molecule has 0 aliphatic carbocycles. The average Bonchev–Trinajstić information content (AvgIpc) is 3.06. The van der Waals surface area contributed by atoms with Crippen LogP contribution in [0.15, 0.2) is 30.6 Å². The molecule has 0 unspecified atom stereocenters. The van der Waals surface area contributed by atoms with E-state index in [1.54, 1.807) is 30.1 Å². The molecule has 0 saturated heterocycles. The van der Waals surface area contributed by atoms with Crippen LogP contribution in [0.25, 0.3) is 22.3 Å². The second-order valence-electron chi connectivity index (χ2n) is 4.18. The first-order valence-corrected chi connectivity index (χ1v) is 5.74. The van der Waals surface area contributed by atoms with Gasteiger partial charge in [0.25, 0.3) is 0 Å². The van der Waals surface area contributed by atoms with E-state index < -0.39 is 0 Å². The van der Waals surface area contributed by atoms with E-state index in [1.165, 1.54) is 7.11 Å². The van der Waals surface area contributed by atoms with Gasteiger partial charge in [-0.25, -0.2) is 9.78 Å². The number of H-pyrrole nitrogens is 1. The largest absolute Gasteiger partial charge is 0.464 e. The lowest BCUT2D eigenvalue weighted by atomic mass is 10.2. The topological polar surface area (TPSA) is 72.8 Å². The molecule has 6 nitrogen and oxygen atoms in total. The molecule has 0 spiro atoms. The van der Waals surface area contributed by atoms with E-state index in [0.29, 0.717) is 5.69 Å². The zero-order chi connectivity index (χ0) is 13.4. The van der Waals surface area contributed by atoms with Crippen LogP contribution in [0.2, 0.25) is 0 Å². The number of fused-ring (bicyclic) bond motifs is 1. The number of carbonyl (C=O) groups is 1. The quantitative estimate of drug-likeness (QED) is 0.709. The lowest BCUT2D eigenvalue weighted by molar-refractivity contribution is 0.0590. The number of ether oxygens (including phenoxy) is 1. The summed E-state index contributed by atoms with van der Waals surface area (Å²) >= 11 is 0. The Morgan fingerprint density at radius 3 is 2.95 bits per heavy atom. The molecule has 1 N–H and O–H groups in total. The van der Waals surface area contributed by atoms with Crippen LogP contribution < -0.4 is 0 Å². The van der Waals surface area contributed by atoms with Crippen LogP contribution in [0.4, 0.5) is 0 Å². The van der Waals surface area contributed by atoms with Crippen molar-refractivity contribution < 1.29 is 9.53 Å². The lowest BCUT2D eigenvalue weighted by Gasteiger charge is -2.02. The predicted molar refractivity (Wildman–Crippen MR) is 69.6 cm³/mol. The van der Waals surface area contributed by atoms with Crippen molar-refractivity contribution in [3.63, 3.8) is 0 Å². The highest BCUT2D eigenvalue weighted by Gasteiger charge is 2.15. The number of aryl methyl sites for hydroxylation is 1. The van der Waals surface area contributed by atoms with E-state index in [4.69, 9.17) is 4.74 Å². The van der Waals surface area contributed by atoms with Crippen LogP contribution in [0, 0.1) is 0 Å². The number of nitrogens with zero attached hydrogens (tertiary/aromatic N) is 3. The molecular weight excluding hydrogens is 244 g/mol. The van der Waals surface area contributed by atoms with Gasteiger partial charge in [-0.2, -0.15) is 5.10 Å². The third-order valence-corrected chi connectivity index (χ3v) is 3.07. The zero-order valence-corrected chi connectivity index (χ0v) is 10.5. The Morgan fingerprint density at radius 1 is 1.42 bits per heavy atom. The van der Waals surface area contributed by atoms with E-state index >= 15 is 0 Å². The van der Waals surface area contributed by atoms with Crippen LogP contribution in [-0.4, -0.2) is 32.8 Å². The number of aromatic nitrogens is 4. The van der Waals surface area contributed by atoms with Crippen LogP contribution in [0.3, 0.4) is 0 Å². The summed E-state index contributed by atoms with van der Waals surface area (Å²) in [4.78, 5) is 16.2. The minimum absolute atomic E-state index is 0.370. The van der Waals surface area contributed by atoms with Gasteiger partial charge >= 0.3 is 5.97 Å². The zero-order valence-electron chi connectivity index (χ0n) is 10.5. The first kappa shape index (κ1) is 11.5. The molecule has 0 amide bonds. The molecule has 3 aromatic heterocycles. The van der Waals surface area contributed by atoms with Crippen LogP contribution in [-0.2, 0) is 11.8 Å². The van der Waals surface area contributed by atoms with Gasteiger partial charge in [-0.1, -0.05) is 0 Å². The normalized spacial score (nSPS) is 10.8. The van der Waals surface area contributed by atoms with Gasteiger partial charge in [0.15, 0.2) is 0 Å². The number of hydrogen-bond donors (Lipinski definition) is 1. The molecule has 3 heterocycles. The van der Waals surface area contributed by atoms with Crippen molar-refractivity contribution in [2.45, 2.75) is 0 Å². The highest BCUT2D eigenvalue weighted by molar-refractivity contribution is 5.94. The van der Waals surface area contributed by atoms with Gasteiger partial charge in [-0.05, 0) is 18.2 Å². The number of aromatic amines is 1. The lowest BCUT2D eigenvalue weighted by Crippen LogP contribution is -2.07. The van der Waals surface area contributed by atoms with E-state index in [1.807, 2.05) is 12.1 Å². The number of nitrogens with one attached hydrogen (secondary N) is 1. The van der Waals surface area contributed by atoms with Crippen molar-refractivity contribution in [3.8, 4) is 11.3 Å². The smallest absolute Gasteiger partial charge is 0.354 e. The standard InChI is InChI=1S/C13H12N4O2/c1-17-11(13(18)19-2)5-8-3-4-10(16-12(8)17)9-6-14-15-7-9/h3-7H,1-2H3,(H,14,15). The summed E-state index contributed by atoms with van der Waals surface area (Å²) in [6.45, 7) is 0. The molecule has 0 aromatic carbocycles. The van der Waals surface area contributed by atoms with Crippen LogP contribution in [0.5, 0.6) is 0 Å². The molecule has 0 fully saturated rings. The Balaban J connectivity index is 2.18.